The van der Waals surface area contributed by atoms with Crippen LogP contribution < -0.4 is 24.8 Å². The predicted octanol–water partition coefficient (Wildman–Crippen LogP) is 4.76. The number of ether oxygens (including phenoxy) is 3. The molecule has 2 aromatic carbocycles. The average molecular weight is 442 g/mol. The number of nitrogens with zero attached hydrogens (tertiary/aromatic N) is 1. The zero-order chi connectivity index (χ0) is 22.9. The summed E-state index contributed by atoms with van der Waals surface area (Å²) >= 11 is 0. The number of likely N-dealkylation sites (tertiary alicyclic amines) is 1. The SMILES string of the molecule is CCOc1cc(C(=O)Nc2ccccc2NC(=O)N2CCCC2)cc(OCC)c1OCC. The van der Waals surface area contributed by atoms with E-state index in [-0.39, 0.29) is 11.9 Å². The molecule has 1 heterocycles. The van der Waals surface area contributed by atoms with Gasteiger partial charge in [-0.05, 0) is 57.9 Å². The molecule has 2 N–H and O–H groups in total. The van der Waals surface area contributed by atoms with E-state index in [0.717, 1.165) is 25.9 Å². The molecule has 1 aliphatic heterocycles. The van der Waals surface area contributed by atoms with E-state index in [1.165, 1.54) is 0 Å². The second-order valence-corrected chi connectivity index (χ2v) is 7.22. The molecular formula is C24H31N3O5. The van der Waals surface area contributed by atoms with Gasteiger partial charge in [0.2, 0.25) is 5.75 Å². The molecule has 0 saturated carbocycles. The van der Waals surface area contributed by atoms with Gasteiger partial charge >= 0.3 is 6.03 Å². The Balaban J connectivity index is 1.84. The smallest absolute Gasteiger partial charge is 0.321 e. The molecule has 0 aliphatic carbocycles. The molecule has 3 rings (SSSR count). The van der Waals surface area contributed by atoms with Crippen LogP contribution in [0, 0.1) is 0 Å². The van der Waals surface area contributed by atoms with Crippen molar-refractivity contribution < 1.29 is 23.8 Å². The Morgan fingerprint density at radius 2 is 1.38 bits per heavy atom. The van der Waals surface area contributed by atoms with Crippen LogP contribution in [-0.2, 0) is 0 Å². The van der Waals surface area contributed by atoms with Gasteiger partial charge in [0.1, 0.15) is 0 Å². The third kappa shape index (κ3) is 5.63. The lowest BCUT2D eigenvalue weighted by molar-refractivity contribution is 0.102. The Labute approximate surface area is 188 Å². The number of amides is 3. The first kappa shape index (κ1) is 23.2. The van der Waals surface area contributed by atoms with Crippen LogP contribution in [0.25, 0.3) is 0 Å². The maximum Gasteiger partial charge on any atom is 0.321 e. The van der Waals surface area contributed by atoms with Gasteiger partial charge in [0.15, 0.2) is 11.5 Å². The quantitative estimate of drug-likeness (QED) is 0.586. The number of urea groups is 1. The maximum atomic E-state index is 13.1. The standard InChI is InChI=1S/C24H31N3O5/c1-4-30-20-15-17(16-21(31-5-2)22(20)32-6-3)23(28)25-18-11-7-8-12-19(18)26-24(29)27-13-9-10-14-27/h7-8,11-12,15-16H,4-6,9-10,13-14H2,1-3H3,(H,25,28)(H,26,29). The first-order chi connectivity index (χ1) is 15.6. The first-order valence-electron chi connectivity index (χ1n) is 11.1. The molecule has 0 spiro atoms. The Hall–Kier alpha value is -3.42. The van der Waals surface area contributed by atoms with Crippen molar-refractivity contribution in [3.8, 4) is 17.2 Å². The van der Waals surface area contributed by atoms with E-state index in [2.05, 4.69) is 10.6 Å². The number of hydrogen-bond acceptors (Lipinski definition) is 5. The summed E-state index contributed by atoms with van der Waals surface area (Å²) in [6, 6.07) is 10.2. The average Bonchev–Trinajstić information content (AvgIpc) is 3.32. The fourth-order valence-electron chi connectivity index (χ4n) is 3.53. The molecule has 32 heavy (non-hydrogen) atoms. The van der Waals surface area contributed by atoms with Gasteiger partial charge in [0, 0.05) is 18.7 Å². The zero-order valence-electron chi connectivity index (χ0n) is 18.9. The van der Waals surface area contributed by atoms with Gasteiger partial charge in [-0.1, -0.05) is 12.1 Å². The van der Waals surface area contributed by atoms with Crippen LogP contribution >= 0.6 is 0 Å². The fraction of sp³-hybridized carbons (Fsp3) is 0.417. The van der Waals surface area contributed by atoms with Crippen LogP contribution in [-0.4, -0.2) is 49.7 Å². The molecule has 1 saturated heterocycles. The van der Waals surface area contributed by atoms with E-state index in [9.17, 15) is 9.59 Å². The van der Waals surface area contributed by atoms with Crippen LogP contribution in [0.15, 0.2) is 36.4 Å². The predicted molar refractivity (Wildman–Crippen MR) is 124 cm³/mol. The zero-order valence-corrected chi connectivity index (χ0v) is 18.9. The summed E-state index contributed by atoms with van der Waals surface area (Å²) < 4.78 is 17.1. The number of carbonyl (C=O) groups excluding carboxylic acids is 2. The Kier molecular flexibility index (Phi) is 8.19. The van der Waals surface area contributed by atoms with Crippen molar-refractivity contribution in [1.29, 1.82) is 0 Å². The second kappa shape index (κ2) is 11.3. The van der Waals surface area contributed by atoms with E-state index in [1.807, 2.05) is 26.8 Å². The highest BCUT2D eigenvalue weighted by Crippen LogP contribution is 2.39. The summed E-state index contributed by atoms with van der Waals surface area (Å²) in [4.78, 5) is 27.4. The molecule has 0 radical (unpaired) electrons. The van der Waals surface area contributed by atoms with E-state index in [1.54, 1.807) is 35.2 Å². The molecule has 0 aromatic heterocycles. The minimum absolute atomic E-state index is 0.164. The highest BCUT2D eigenvalue weighted by Gasteiger charge is 2.21. The van der Waals surface area contributed by atoms with Crippen molar-refractivity contribution in [1.82, 2.24) is 4.90 Å². The molecule has 1 aliphatic rings. The summed E-state index contributed by atoms with van der Waals surface area (Å²) in [6.07, 6.45) is 2.02. The molecule has 8 nitrogen and oxygen atoms in total. The minimum atomic E-state index is -0.349. The van der Waals surface area contributed by atoms with Gasteiger partial charge in [0.25, 0.3) is 5.91 Å². The number of nitrogens with one attached hydrogen (secondary N) is 2. The van der Waals surface area contributed by atoms with E-state index in [0.29, 0.717) is 54.0 Å². The molecule has 8 heteroatoms. The lowest BCUT2D eigenvalue weighted by atomic mass is 10.1. The summed E-state index contributed by atoms with van der Waals surface area (Å²) in [5.41, 5.74) is 1.41. The van der Waals surface area contributed by atoms with Crippen LogP contribution in [0.4, 0.5) is 16.2 Å². The number of carbonyl (C=O) groups is 2. The first-order valence-corrected chi connectivity index (χ1v) is 11.1. The van der Waals surface area contributed by atoms with E-state index in [4.69, 9.17) is 14.2 Å². The maximum absolute atomic E-state index is 13.1. The Morgan fingerprint density at radius 1 is 0.844 bits per heavy atom. The van der Waals surface area contributed by atoms with Crippen molar-refractivity contribution in [2.45, 2.75) is 33.6 Å². The number of rotatable bonds is 9. The molecule has 1 fully saturated rings. The van der Waals surface area contributed by atoms with Gasteiger partial charge in [-0.2, -0.15) is 0 Å². The van der Waals surface area contributed by atoms with Crippen LogP contribution in [0.1, 0.15) is 44.0 Å². The summed E-state index contributed by atoms with van der Waals surface area (Å²) in [5.74, 6) is 1.02. The highest BCUT2D eigenvalue weighted by molar-refractivity contribution is 6.07. The summed E-state index contributed by atoms with van der Waals surface area (Å²) in [7, 11) is 0. The Morgan fingerprint density at radius 3 is 1.91 bits per heavy atom. The topological polar surface area (TPSA) is 89.1 Å². The summed E-state index contributed by atoms with van der Waals surface area (Å²) in [6.45, 7) is 8.36. The number of benzene rings is 2. The molecule has 0 bridgehead atoms. The molecule has 0 unspecified atom stereocenters. The lowest BCUT2D eigenvalue weighted by Gasteiger charge is -2.19. The Bertz CT molecular complexity index is 914. The van der Waals surface area contributed by atoms with Gasteiger partial charge in [0.05, 0.1) is 31.2 Å². The van der Waals surface area contributed by atoms with Crippen molar-refractivity contribution in [2.24, 2.45) is 0 Å². The van der Waals surface area contributed by atoms with Gasteiger partial charge < -0.3 is 29.7 Å². The third-order valence-corrected chi connectivity index (χ3v) is 4.98. The number of anilines is 2. The van der Waals surface area contributed by atoms with E-state index >= 15 is 0 Å². The number of para-hydroxylation sites is 2. The van der Waals surface area contributed by atoms with Gasteiger partial charge in [-0.25, -0.2) is 4.79 Å². The molecule has 3 amide bonds. The van der Waals surface area contributed by atoms with Crippen LogP contribution in [0.3, 0.4) is 0 Å². The minimum Gasteiger partial charge on any atom is -0.490 e. The normalized spacial score (nSPS) is 12.9. The molecule has 172 valence electrons. The molecular weight excluding hydrogens is 410 g/mol. The highest BCUT2D eigenvalue weighted by atomic mass is 16.5. The molecule has 0 atom stereocenters. The summed E-state index contributed by atoms with van der Waals surface area (Å²) in [5, 5.41) is 5.79. The van der Waals surface area contributed by atoms with Crippen molar-refractivity contribution in [3.63, 3.8) is 0 Å². The van der Waals surface area contributed by atoms with E-state index < -0.39 is 0 Å². The largest absolute Gasteiger partial charge is 0.490 e. The van der Waals surface area contributed by atoms with Crippen molar-refractivity contribution in [2.75, 3.05) is 43.5 Å². The molecule has 2 aromatic rings. The second-order valence-electron chi connectivity index (χ2n) is 7.22. The van der Waals surface area contributed by atoms with Gasteiger partial charge in [-0.15, -0.1) is 0 Å². The van der Waals surface area contributed by atoms with Crippen molar-refractivity contribution in [3.05, 3.63) is 42.0 Å². The van der Waals surface area contributed by atoms with Crippen LogP contribution in [0.5, 0.6) is 17.2 Å². The third-order valence-electron chi connectivity index (χ3n) is 4.98. The lowest BCUT2D eigenvalue weighted by Crippen LogP contribution is -2.32. The monoisotopic (exact) mass is 441 g/mol. The van der Waals surface area contributed by atoms with Crippen molar-refractivity contribution >= 4 is 23.3 Å². The van der Waals surface area contributed by atoms with Gasteiger partial charge in [-0.3, -0.25) is 4.79 Å². The number of hydrogen-bond donors (Lipinski definition) is 2. The van der Waals surface area contributed by atoms with Crippen LogP contribution in [0.2, 0.25) is 0 Å². The fourth-order valence-corrected chi connectivity index (χ4v) is 3.53.